The number of thioether (sulfide) groups is 1. The van der Waals surface area contributed by atoms with Crippen molar-refractivity contribution < 1.29 is 9.18 Å². The summed E-state index contributed by atoms with van der Waals surface area (Å²) in [5.41, 5.74) is 3.41. The number of halogens is 1. The molecule has 0 saturated heterocycles. The molecule has 4 rings (SSSR count). The molecule has 0 saturated carbocycles. The van der Waals surface area contributed by atoms with Crippen LogP contribution < -0.4 is 5.32 Å². The van der Waals surface area contributed by atoms with Gasteiger partial charge in [0.1, 0.15) is 11.5 Å². The van der Waals surface area contributed by atoms with Crippen LogP contribution in [-0.2, 0) is 17.6 Å². The monoisotopic (exact) mass is 395 g/mol. The first-order valence-electron chi connectivity index (χ1n) is 9.39. The summed E-state index contributed by atoms with van der Waals surface area (Å²) in [5.74, 6) is -0.304. The van der Waals surface area contributed by atoms with Gasteiger partial charge in [-0.15, -0.1) is 11.8 Å². The molecule has 0 bridgehead atoms. The van der Waals surface area contributed by atoms with Crippen molar-refractivity contribution in [3.63, 3.8) is 0 Å². The van der Waals surface area contributed by atoms with E-state index in [1.807, 2.05) is 30.5 Å². The molecule has 1 aromatic heterocycles. The van der Waals surface area contributed by atoms with Crippen LogP contribution in [0.2, 0.25) is 0 Å². The van der Waals surface area contributed by atoms with Gasteiger partial charge < -0.3 is 5.32 Å². The highest BCUT2D eigenvalue weighted by molar-refractivity contribution is 7.98. The van der Waals surface area contributed by atoms with E-state index in [4.69, 9.17) is 0 Å². The van der Waals surface area contributed by atoms with Gasteiger partial charge >= 0.3 is 0 Å². The van der Waals surface area contributed by atoms with Gasteiger partial charge in [-0.1, -0.05) is 24.3 Å². The maximum atomic E-state index is 14.2. The minimum absolute atomic E-state index is 0.00612. The molecule has 1 atom stereocenters. The lowest BCUT2D eigenvalue weighted by Gasteiger charge is -2.24. The Balaban J connectivity index is 1.50. The largest absolute Gasteiger partial charge is 0.349 e. The lowest BCUT2D eigenvalue weighted by molar-refractivity contribution is -0.121. The number of amides is 1. The van der Waals surface area contributed by atoms with Gasteiger partial charge in [-0.05, 0) is 55.3 Å². The van der Waals surface area contributed by atoms with Crippen molar-refractivity contribution in [2.24, 2.45) is 0 Å². The molecule has 0 unspecified atom stereocenters. The van der Waals surface area contributed by atoms with Crippen LogP contribution in [0, 0.1) is 5.82 Å². The SMILES string of the molecule is CSc1ccc(CC(=O)N[C@@H]2CCCc3c2cnn3-c2ccccc2F)cc1. The number of benzene rings is 2. The number of fused-ring (bicyclic) bond motifs is 1. The molecule has 0 spiro atoms. The summed E-state index contributed by atoms with van der Waals surface area (Å²) < 4.78 is 15.9. The van der Waals surface area contributed by atoms with Gasteiger partial charge in [-0.3, -0.25) is 4.79 Å². The van der Waals surface area contributed by atoms with Gasteiger partial charge in [0, 0.05) is 16.2 Å². The molecule has 6 heteroatoms. The Kier molecular flexibility index (Phi) is 5.48. The molecule has 4 nitrogen and oxygen atoms in total. The third kappa shape index (κ3) is 3.83. The Morgan fingerprint density at radius 1 is 1.25 bits per heavy atom. The summed E-state index contributed by atoms with van der Waals surface area (Å²) in [6.07, 6.45) is 6.77. The third-order valence-corrected chi connectivity index (χ3v) is 5.87. The molecule has 28 heavy (non-hydrogen) atoms. The molecule has 1 N–H and O–H groups in total. The van der Waals surface area contributed by atoms with E-state index < -0.39 is 0 Å². The lowest BCUT2D eigenvalue weighted by atomic mass is 9.92. The second kappa shape index (κ2) is 8.19. The van der Waals surface area contributed by atoms with Crippen molar-refractivity contribution in [1.29, 1.82) is 0 Å². The maximum absolute atomic E-state index is 14.2. The van der Waals surface area contributed by atoms with E-state index in [0.717, 1.165) is 36.1 Å². The summed E-state index contributed by atoms with van der Waals surface area (Å²) >= 11 is 1.68. The Labute approximate surface area is 168 Å². The Hall–Kier alpha value is -2.60. The van der Waals surface area contributed by atoms with Crippen molar-refractivity contribution in [1.82, 2.24) is 15.1 Å². The Morgan fingerprint density at radius 3 is 2.79 bits per heavy atom. The number of aromatic nitrogens is 2. The van der Waals surface area contributed by atoms with Crippen LogP contribution in [0.1, 0.15) is 35.7 Å². The van der Waals surface area contributed by atoms with Crippen LogP contribution in [-0.4, -0.2) is 21.9 Å². The highest BCUT2D eigenvalue weighted by Crippen LogP contribution is 2.31. The first kappa shape index (κ1) is 18.7. The second-order valence-electron chi connectivity index (χ2n) is 6.95. The second-order valence-corrected chi connectivity index (χ2v) is 7.83. The maximum Gasteiger partial charge on any atom is 0.224 e. The molecule has 144 valence electrons. The predicted molar refractivity (Wildman–Crippen MR) is 109 cm³/mol. The van der Waals surface area contributed by atoms with E-state index >= 15 is 0 Å². The molecule has 1 aliphatic carbocycles. The zero-order chi connectivity index (χ0) is 19.5. The normalized spacial score (nSPS) is 15.9. The van der Waals surface area contributed by atoms with Crippen molar-refractivity contribution >= 4 is 17.7 Å². The minimum Gasteiger partial charge on any atom is -0.349 e. The van der Waals surface area contributed by atoms with Gasteiger partial charge in [0.05, 0.1) is 18.7 Å². The van der Waals surface area contributed by atoms with Gasteiger partial charge in [-0.2, -0.15) is 5.10 Å². The fourth-order valence-electron chi connectivity index (χ4n) is 3.71. The standard InChI is InChI=1S/C22H22FN3OS/c1-28-16-11-9-15(10-12-16)13-22(27)25-19-6-4-8-20-17(19)14-24-26(20)21-7-3-2-5-18(21)23/h2-3,5,7,9-12,14,19H,4,6,8,13H2,1H3,(H,25,27)/t19-/m1/s1. The van der Waals surface area contributed by atoms with E-state index in [1.165, 1.54) is 11.0 Å². The molecule has 0 radical (unpaired) electrons. The lowest BCUT2D eigenvalue weighted by Crippen LogP contribution is -2.32. The third-order valence-electron chi connectivity index (χ3n) is 5.12. The molecule has 1 amide bonds. The summed E-state index contributed by atoms with van der Waals surface area (Å²) in [7, 11) is 0. The van der Waals surface area contributed by atoms with Crippen molar-refractivity contribution in [3.8, 4) is 5.69 Å². The summed E-state index contributed by atoms with van der Waals surface area (Å²) in [6.45, 7) is 0. The molecule has 0 fully saturated rings. The number of nitrogens with zero attached hydrogens (tertiary/aromatic N) is 2. The van der Waals surface area contributed by atoms with Gasteiger partial charge in [-0.25, -0.2) is 9.07 Å². The first-order chi connectivity index (χ1) is 13.7. The highest BCUT2D eigenvalue weighted by atomic mass is 32.2. The minimum atomic E-state index is -0.298. The van der Waals surface area contributed by atoms with Crippen LogP contribution in [0.15, 0.2) is 59.6 Å². The van der Waals surface area contributed by atoms with Gasteiger partial charge in [0.25, 0.3) is 0 Å². The number of nitrogens with one attached hydrogen (secondary N) is 1. The van der Waals surface area contributed by atoms with Crippen molar-refractivity contribution in [3.05, 3.63) is 77.4 Å². The number of hydrogen-bond donors (Lipinski definition) is 1. The molecule has 1 aliphatic rings. The van der Waals surface area contributed by atoms with E-state index in [-0.39, 0.29) is 17.8 Å². The average Bonchev–Trinajstić information content (AvgIpc) is 3.14. The van der Waals surface area contributed by atoms with Crippen LogP contribution in [0.5, 0.6) is 0 Å². The van der Waals surface area contributed by atoms with E-state index in [2.05, 4.69) is 10.4 Å². The van der Waals surface area contributed by atoms with Crippen LogP contribution in [0.3, 0.4) is 0 Å². The molecular formula is C22H22FN3OS. The van der Waals surface area contributed by atoms with E-state index in [1.54, 1.807) is 40.8 Å². The van der Waals surface area contributed by atoms with Crippen molar-refractivity contribution in [2.75, 3.05) is 6.26 Å². The van der Waals surface area contributed by atoms with Gasteiger partial charge in [0.15, 0.2) is 0 Å². The van der Waals surface area contributed by atoms with Crippen LogP contribution in [0.4, 0.5) is 4.39 Å². The summed E-state index contributed by atoms with van der Waals surface area (Å²) in [5, 5.41) is 7.55. The Bertz CT molecular complexity index is 984. The quantitative estimate of drug-likeness (QED) is 0.649. The summed E-state index contributed by atoms with van der Waals surface area (Å²) in [4.78, 5) is 13.8. The van der Waals surface area contributed by atoms with Crippen LogP contribution in [0.25, 0.3) is 5.69 Å². The zero-order valence-electron chi connectivity index (χ0n) is 15.7. The molecular weight excluding hydrogens is 373 g/mol. The summed E-state index contributed by atoms with van der Waals surface area (Å²) in [6, 6.07) is 14.6. The zero-order valence-corrected chi connectivity index (χ0v) is 16.5. The number of rotatable bonds is 5. The smallest absolute Gasteiger partial charge is 0.224 e. The molecule has 2 aromatic carbocycles. The van der Waals surface area contributed by atoms with Gasteiger partial charge in [0.2, 0.25) is 5.91 Å². The number of carbonyl (C=O) groups excluding carboxylic acids is 1. The van der Waals surface area contributed by atoms with Crippen molar-refractivity contribution in [2.45, 2.75) is 36.6 Å². The molecule has 3 aromatic rings. The fraction of sp³-hybridized carbons (Fsp3) is 0.273. The number of hydrogen-bond acceptors (Lipinski definition) is 3. The van der Waals surface area contributed by atoms with Crippen LogP contribution >= 0.6 is 11.8 Å². The predicted octanol–water partition coefficient (Wildman–Crippen LogP) is 4.47. The number of carbonyl (C=O) groups is 1. The average molecular weight is 396 g/mol. The molecule has 1 heterocycles. The van der Waals surface area contributed by atoms with E-state index in [0.29, 0.717) is 12.1 Å². The first-order valence-corrected chi connectivity index (χ1v) is 10.6. The number of para-hydroxylation sites is 1. The Morgan fingerprint density at radius 2 is 2.04 bits per heavy atom. The fourth-order valence-corrected chi connectivity index (χ4v) is 4.12. The topological polar surface area (TPSA) is 46.9 Å². The molecule has 0 aliphatic heterocycles. The highest BCUT2D eigenvalue weighted by Gasteiger charge is 2.26. The van der Waals surface area contributed by atoms with E-state index in [9.17, 15) is 9.18 Å².